The zero-order chi connectivity index (χ0) is 17.3. The molecule has 2 aromatic carbocycles. The molecule has 1 amide bonds. The van der Waals surface area contributed by atoms with Crippen LogP contribution in [0.5, 0.6) is 5.75 Å². The monoisotopic (exact) mass is 323 g/mol. The molecule has 0 unspecified atom stereocenters. The number of hydrogen-bond donors (Lipinski definition) is 0. The first-order chi connectivity index (χ1) is 11.5. The molecule has 1 aliphatic rings. The predicted molar refractivity (Wildman–Crippen MR) is 97.7 cm³/mol. The number of rotatable bonds is 4. The van der Waals surface area contributed by atoms with Gasteiger partial charge in [0.15, 0.2) is 6.10 Å². The van der Waals surface area contributed by atoms with E-state index in [2.05, 4.69) is 26.8 Å². The lowest BCUT2D eigenvalue weighted by atomic mass is 10.1. The quantitative estimate of drug-likeness (QED) is 0.832. The highest BCUT2D eigenvalue weighted by molar-refractivity contribution is 5.99. The largest absolute Gasteiger partial charge is 0.481 e. The number of ether oxygens (including phenoxy) is 1. The maximum Gasteiger partial charge on any atom is 0.268 e. The lowest BCUT2D eigenvalue weighted by Crippen LogP contribution is -2.44. The average Bonchev–Trinajstić information content (AvgIpc) is 2.91. The predicted octanol–water partition coefficient (Wildman–Crippen LogP) is 4.44. The first kappa shape index (κ1) is 16.6. The molecule has 0 saturated carbocycles. The third kappa shape index (κ3) is 3.03. The van der Waals surface area contributed by atoms with Gasteiger partial charge >= 0.3 is 0 Å². The van der Waals surface area contributed by atoms with Crippen LogP contribution in [0.15, 0.2) is 42.5 Å². The van der Waals surface area contributed by atoms with Crippen molar-refractivity contribution in [3.05, 3.63) is 59.2 Å². The molecule has 0 aliphatic carbocycles. The Morgan fingerprint density at radius 3 is 2.67 bits per heavy atom. The molecule has 24 heavy (non-hydrogen) atoms. The summed E-state index contributed by atoms with van der Waals surface area (Å²) in [5.74, 6) is 0.812. The van der Waals surface area contributed by atoms with Crippen LogP contribution in [0.3, 0.4) is 0 Å². The number of nitrogens with zero attached hydrogens (tertiary/aromatic N) is 1. The second-order valence-corrected chi connectivity index (χ2v) is 6.65. The molecule has 0 radical (unpaired) electrons. The number of hydrogen-bond acceptors (Lipinski definition) is 2. The molecule has 0 spiro atoms. The maximum absolute atomic E-state index is 13.1. The first-order valence-electron chi connectivity index (χ1n) is 8.66. The third-order valence-electron chi connectivity index (χ3n) is 4.85. The molecule has 2 aromatic rings. The van der Waals surface area contributed by atoms with Crippen molar-refractivity contribution in [2.24, 2.45) is 0 Å². The number of carbonyl (C=O) groups is 1. The second kappa shape index (κ2) is 6.68. The van der Waals surface area contributed by atoms with E-state index in [9.17, 15) is 4.79 Å². The van der Waals surface area contributed by atoms with Crippen molar-refractivity contribution < 1.29 is 9.53 Å². The molecule has 2 atom stereocenters. The van der Waals surface area contributed by atoms with E-state index in [1.54, 1.807) is 0 Å². The van der Waals surface area contributed by atoms with Gasteiger partial charge in [0.1, 0.15) is 5.75 Å². The standard InChI is InChI=1S/C21H25NO2/c1-5-20(24-18-11-10-14(2)15(3)12-18)21(23)22-16(4)13-17-8-6-7-9-19(17)22/h6-12,16,20H,5,13H2,1-4H3/t16-,20+/m1/s1. The van der Waals surface area contributed by atoms with Crippen LogP contribution in [0.2, 0.25) is 0 Å². The van der Waals surface area contributed by atoms with Gasteiger partial charge in [-0.05, 0) is 68.5 Å². The molecule has 1 aliphatic heterocycles. The molecule has 3 rings (SSSR count). The fourth-order valence-electron chi connectivity index (χ4n) is 3.32. The Balaban J connectivity index is 1.83. The van der Waals surface area contributed by atoms with Gasteiger partial charge in [-0.25, -0.2) is 0 Å². The summed E-state index contributed by atoms with van der Waals surface area (Å²) in [6.07, 6.45) is 1.10. The summed E-state index contributed by atoms with van der Waals surface area (Å²) in [6.45, 7) is 8.23. The molecule has 0 aromatic heterocycles. The Bertz CT molecular complexity index is 753. The SMILES string of the molecule is CC[C@H](Oc1ccc(C)c(C)c1)C(=O)N1c2ccccc2C[C@H]1C. The van der Waals surface area contributed by atoms with Crippen LogP contribution in [-0.4, -0.2) is 18.1 Å². The van der Waals surface area contributed by atoms with Crippen molar-refractivity contribution >= 4 is 11.6 Å². The smallest absolute Gasteiger partial charge is 0.268 e. The van der Waals surface area contributed by atoms with Gasteiger partial charge in [0.2, 0.25) is 0 Å². The summed E-state index contributed by atoms with van der Waals surface area (Å²) >= 11 is 0. The van der Waals surface area contributed by atoms with Crippen LogP contribution in [0, 0.1) is 13.8 Å². The number of benzene rings is 2. The van der Waals surface area contributed by atoms with Crippen molar-refractivity contribution in [3.63, 3.8) is 0 Å². The summed E-state index contributed by atoms with van der Waals surface area (Å²) in [7, 11) is 0. The van der Waals surface area contributed by atoms with Gasteiger partial charge < -0.3 is 9.64 Å². The molecular formula is C21H25NO2. The Hall–Kier alpha value is -2.29. The normalized spacial score (nSPS) is 17.5. The van der Waals surface area contributed by atoms with Gasteiger partial charge in [-0.3, -0.25) is 4.79 Å². The number of fused-ring (bicyclic) bond motifs is 1. The minimum atomic E-state index is -0.458. The summed E-state index contributed by atoms with van der Waals surface area (Å²) < 4.78 is 6.05. The van der Waals surface area contributed by atoms with Crippen LogP contribution < -0.4 is 9.64 Å². The van der Waals surface area contributed by atoms with Crippen molar-refractivity contribution in [3.8, 4) is 5.75 Å². The number of carbonyl (C=O) groups excluding carboxylic acids is 1. The average molecular weight is 323 g/mol. The van der Waals surface area contributed by atoms with Crippen LogP contribution in [-0.2, 0) is 11.2 Å². The Labute approximate surface area is 144 Å². The summed E-state index contributed by atoms with van der Waals surface area (Å²) in [5.41, 5.74) is 4.66. The van der Waals surface area contributed by atoms with E-state index < -0.39 is 6.10 Å². The highest BCUT2D eigenvalue weighted by atomic mass is 16.5. The van der Waals surface area contributed by atoms with Crippen LogP contribution >= 0.6 is 0 Å². The lowest BCUT2D eigenvalue weighted by molar-refractivity contribution is -0.125. The fraction of sp³-hybridized carbons (Fsp3) is 0.381. The van der Waals surface area contributed by atoms with E-state index >= 15 is 0 Å². The van der Waals surface area contributed by atoms with Crippen molar-refractivity contribution in [2.45, 2.75) is 52.7 Å². The molecule has 3 nitrogen and oxygen atoms in total. The number of anilines is 1. The summed E-state index contributed by atoms with van der Waals surface area (Å²) in [4.78, 5) is 15.0. The van der Waals surface area contributed by atoms with Crippen LogP contribution in [0.1, 0.15) is 37.0 Å². The van der Waals surface area contributed by atoms with E-state index in [1.165, 1.54) is 16.7 Å². The topological polar surface area (TPSA) is 29.5 Å². The van der Waals surface area contributed by atoms with Gasteiger partial charge in [-0.2, -0.15) is 0 Å². The van der Waals surface area contributed by atoms with E-state index in [0.29, 0.717) is 6.42 Å². The Kier molecular flexibility index (Phi) is 4.61. The summed E-state index contributed by atoms with van der Waals surface area (Å²) in [6, 6.07) is 14.3. The Morgan fingerprint density at radius 1 is 1.21 bits per heavy atom. The maximum atomic E-state index is 13.1. The second-order valence-electron chi connectivity index (χ2n) is 6.65. The lowest BCUT2D eigenvalue weighted by Gasteiger charge is -2.27. The van der Waals surface area contributed by atoms with Crippen molar-refractivity contribution in [1.29, 1.82) is 0 Å². The van der Waals surface area contributed by atoms with Gasteiger partial charge in [-0.1, -0.05) is 31.2 Å². The number of para-hydroxylation sites is 1. The zero-order valence-corrected chi connectivity index (χ0v) is 14.9. The van der Waals surface area contributed by atoms with Crippen molar-refractivity contribution in [2.75, 3.05) is 4.90 Å². The first-order valence-corrected chi connectivity index (χ1v) is 8.66. The minimum absolute atomic E-state index is 0.0492. The fourth-order valence-corrected chi connectivity index (χ4v) is 3.32. The van der Waals surface area contributed by atoms with E-state index in [-0.39, 0.29) is 11.9 Å². The zero-order valence-electron chi connectivity index (χ0n) is 14.9. The van der Waals surface area contributed by atoms with Gasteiger partial charge in [0.05, 0.1) is 0 Å². The highest BCUT2D eigenvalue weighted by Gasteiger charge is 2.34. The molecule has 0 saturated heterocycles. The van der Waals surface area contributed by atoms with E-state index in [4.69, 9.17) is 4.74 Å². The van der Waals surface area contributed by atoms with Crippen LogP contribution in [0.25, 0.3) is 0 Å². The van der Waals surface area contributed by atoms with Crippen LogP contribution in [0.4, 0.5) is 5.69 Å². The van der Waals surface area contributed by atoms with Crippen molar-refractivity contribution in [1.82, 2.24) is 0 Å². The molecule has 126 valence electrons. The molecule has 0 bridgehead atoms. The highest BCUT2D eigenvalue weighted by Crippen LogP contribution is 2.33. The summed E-state index contributed by atoms with van der Waals surface area (Å²) in [5, 5.41) is 0. The molecule has 3 heteroatoms. The molecular weight excluding hydrogens is 298 g/mol. The molecule has 0 fully saturated rings. The van der Waals surface area contributed by atoms with Gasteiger partial charge in [0, 0.05) is 11.7 Å². The van der Waals surface area contributed by atoms with E-state index in [0.717, 1.165) is 17.9 Å². The van der Waals surface area contributed by atoms with Gasteiger partial charge in [-0.15, -0.1) is 0 Å². The minimum Gasteiger partial charge on any atom is -0.481 e. The van der Waals surface area contributed by atoms with E-state index in [1.807, 2.05) is 48.2 Å². The Morgan fingerprint density at radius 2 is 1.96 bits per heavy atom. The van der Waals surface area contributed by atoms with Gasteiger partial charge in [0.25, 0.3) is 5.91 Å². The number of aryl methyl sites for hydroxylation is 2. The molecule has 1 heterocycles. The number of amides is 1. The third-order valence-corrected chi connectivity index (χ3v) is 4.85. The molecule has 0 N–H and O–H groups in total.